The van der Waals surface area contributed by atoms with Crippen molar-refractivity contribution in [3.63, 3.8) is 0 Å². The molecule has 1 aromatic carbocycles. The van der Waals surface area contributed by atoms with Crippen molar-refractivity contribution in [2.75, 3.05) is 19.6 Å². The van der Waals surface area contributed by atoms with Gasteiger partial charge in [0.1, 0.15) is 5.78 Å². The van der Waals surface area contributed by atoms with Crippen LogP contribution < -0.4 is 5.32 Å². The smallest absolute Gasteiger partial charge is 0.243 e. The fraction of sp³-hybridized carbons (Fsp3) is 0.704. The van der Waals surface area contributed by atoms with Crippen molar-refractivity contribution in [1.29, 1.82) is 0 Å². The molecule has 0 unspecified atom stereocenters. The van der Waals surface area contributed by atoms with E-state index in [4.69, 9.17) is 0 Å². The Kier molecular flexibility index (Phi) is 8.13. The highest BCUT2D eigenvalue weighted by Crippen LogP contribution is 2.47. The molecule has 1 amide bonds. The van der Waals surface area contributed by atoms with Crippen molar-refractivity contribution < 1.29 is 18.0 Å². The van der Waals surface area contributed by atoms with E-state index in [0.717, 1.165) is 44.1 Å². The van der Waals surface area contributed by atoms with Crippen LogP contribution in [0.5, 0.6) is 0 Å². The van der Waals surface area contributed by atoms with E-state index < -0.39 is 10.0 Å². The van der Waals surface area contributed by atoms with Gasteiger partial charge in [0, 0.05) is 37.9 Å². The van der Waals surface area contributed by atoms with Gasteiger partial charge < -0.3 is 5.32 Å². The summed E-state index contributed by atoms with van der Waals surface area (Å²) < 4.78 is 28.6. The molecule has 3 bridgehead atoms. The molecule has 3 fully saturated rings. The van der Waals surface area contributed by atoms with E-state index >= 15 is 0 Å². The summed E-state index contributed by atoms with van der Waals surface area (Å²) in [6.07, 6.45) is 11.5. The second kappa shape index (κ2) is 10.9. The number of nitrogens with one attached hydrogen (secondary N) is 1. The number of benzene rings is 1. The fourth-order valence-electron chi connectivity index (χ4n) is 6.21. The molecule has 0 spiro atoms. The molecule has 1 saturated carbocycles. The minimum absolute atomic E-state index is 0.0282. The Morgan fingerprint density at radius 2 is 1.53 bits per heavy atom. The maximum Gasteiger partial charge on any atom is 0.243 e. The number of nitrogens with zero attached hydrogens (tertiary/aromatic N) is 1. The molecule has 3 atom stereocenters. The van der Waals surface area contributed by atoms with E-state index in [9.17, 15) is 18.0 Å². The van der Waals surface area contributed by atoms with Crippen molar-refractivity contribution in [2.45, 2.75) is 88.9 Å². The zero-order valence-electron chi connectivity index (χ0n) is 20.6. The van der Waals surface area contributed by atoms with Crippen LogP contribution in [0.4, 0.5) is 0 Å². The molecule has 1 aromatic rings. The van der Waals surface area contributed by atoms with E-state index in [1.807, 2.05) is 19.1 Å². The number of rotatable bonds is 2. The number of hydrogen-bond donors (Lipinski definition) is 1. The van der Waals surface area contributed by atoms with E-state index in [1.54, 1.807) is 16.4 Å². The third-order valence-corrected chi connectivity index (χ3v) is 10.2. The van der Waals surface area contributed by atoms with Crippen molar-refractivity contribution in [2.24, 2.45) is 17.3 Å². The lowest BCUT2D eigenvalue weighted by Crippen LogP contribution is -2.56. The number of carbonyl (C=O) groups is 2. The zero-order chi connectivity index (χ0) is 24.2. The second-order valence-electron chi connectivity index (χ2n) is 10.9. The normalized spacial score (nSPS) is 30.5. The van der Waals surface area contributed by atoms with Gasteiger partial charge in [-0.1, -0.05) is 62.6 Å². The van der Waals surface area contributed by atoms with Crippen molar-refractivity contribution >= 4 is 21.7 Å². The zero-order valence-corrected chi connectivity index (χ0v) is 21.4. The van der Waals surface area contributed by atoms with Gasteiger partial charge in [-0.2, -0.15) is 4.31 Å². The minimum atomic E-state index is -3.65. The number of sulfonamides is 1. The van der Waals surface area contributed by atoms with Crippen LogP contribution in [0.3, 0.4) is 0 Å². The van der Waals surface area contributed by atoms with Gasteiger partial charge in [-0.3, -0.25) is 9.59 Å². The Morgan fingerprint density at radius 3 is 2.24 bits per heavy atom. The number of Topliss-reactive ketones (excluding diaryl/α,β-unsaturated/α-hetero) is 1. The molecular weight excluding hydrogens is 448 g/mol. The standard InChI is InChI=1S/C27H40N2O4S/c1-21-10-12-22(13-11-21)34(32,33)29-16-9-7-5-3-2-4-6-8-15-27-18-24(26(31)28-20-27)23(14-17-29)25(30)19-27/h10-13,23-24H,2-9,14-20H2,1H3,(H,28,31)/t23-,24+,27-/m1/s1. The van der Waals surface area contributed by atoms with Gasteiger partial charge in [0.2, 0.25) is 15.9 Å². The minimum Gasteiger partial charge on any atom is -0.355 e. The van der Waals surface area contributed by atoms with Gasteiger partial charge in [-0.15, -0.1) is 0 Å². The van der Waals surface area contributed by atoms with Crippen molar-refractivity contribution in [3.05, 3.63) is 29.8 Å². The maximum absolute atomic E-state index is 13.5. The van der Waals surface area contributed by atoms with Gasteiger partial charge in [-0.25, -0.2) is 8.42 Å². The highest BCUT2D eigenvalue weighted by molar-refractivity contribution is 7.89. The van der Waals surface area contributed by atoms with E-state index in [1.165, 1.54) is 25.7 Å². The Bertz CT molecular complexity index is 975. The summed E-state index contributed by atoms with van der Waals surface area (Å²) in [6, 6.07) is 6.98. The average Bonchev–Trinajstić information content (AvgIpc) is 2.81. The summed E-state index contributed by atoms with van der Waals surface area (Å²) in [4.78, 5) is 26.4. The monoisotopic (exact) mass is 488 g/mol. The Morgan fingerprint density at radius 1 is 0.882 bits per heavy atom. The average molecular weight is 489 g/mol. The molecule has 3 aliphatic rings. The first kappa shape index (κ1) is 25.4. The number of aryl methyl sites for hydroxylation is 1. The first-order chi connectivity index (χ1) is 16.3. The quantitative estimate of drug-likeness (QED) is 0.659. The topological polar surface area (TPSA) is 83.6 Å². The molecule has 2 saturated heterocycles. The highest BCUT2D eigenvalue weighted by Gasteiger charge is 2.50. The lowest BCUT2D eigenvalue weighted by molar-refractivity contribution is -0.147. The van der Waals surface area contributed by atoms with Gasteiger partial charge in [0.05, 0.1) is 4.90 Å². The Hall–Kier alpha value is -1.73. The SMILES string of the molecule is Cc1ccc(S(=O)(=O)N2CCCCCCCCCC[C@@]34CNC(=O)[C@@H](C3)[C@@H](CC2)C(=O)C4)cc1. The molecule has 0 aromatic heterocycles. The van der Waals surface area contributed by atoms with Gasteiger partial charge in [0.15, 0.2) is 0 Å². The van der Waals surface area contributed by atoms with Crippen molar-refractivity contribution in [3.8, 4) is 0 Å². The summed E-state index contributed by atoms with van der Waals surface area (Å²) in [5, 5.41) is 3.09. The van der Waals surface area contributed by atoms with Crippen LogP contribution in [0.1, 0.15) is 82.6 Å². The lowest BCUT2D eigenvalue weighted by atomic mass is 9.60. The van der Waals surface area contributed by atoms with Gasteiger partial charge >= 0.3 is 0 Å². The number of carbonyl (C=O) groups excluding carboxylic acids is 2. The summed E-state index contributed by atoms with van der Waals surface area (Å²) >= 11 is 0. The number of ketones is 1. The molecule has 7 heteroatoms. The number of piperidine rings is 1. The van der Waals surface area contributed by atoms with Crippen LogP contribution in [0.2, 0.25) is 0 Å². The van der Waals surface area contributed by atoms with Crippen LogP contribution >= 0.6 is 0 Å². The van der Waals surface area contributed by atoms with Crippen LogP contribution in [-0.2, 0) is 19.6 Å². The second-order valence-corrected chi connectivity index (χ2v) is 12.8. The largest absolute Gasteiger partial charge is 0.355 e. The van der Waals surface area contributed by atoms with Crippen LogP contribution in [0.25, 0.3) is 0 Å². The summed E-state index contributed by atoms with van der Waals surface area (Å²) in [5.41, 5.74) is 0.913. The third kappa shape index (κ3) is 5.73. The van der Waals surface area contributed by atoms with E-state index in [2.05, 4.69) is 5.32 Å². The molecule has 1 N–H and O–H groups in total. The van der Waals surface area contributed by atoms with Crippen LogP contribution in [-0.4, -0.2) is 44.0 Å². The Balaban J connectivity index is 1.56. The van der Waals surface area contributed by atoms with E-state index in [-0.39, 0.29) is 35.5 Å². The van der Waals surface area contributed by atoms with Crippen LogP contribution in [0.15, 0.2) is 29.2 Å². The number of hydrogen-bond acceptors (Lipinski definition) is 4. The first-order valence-electron chi connectivity index (χ1n) is 13.2. The molecule has 6 nitrogen and oxygen atoms in total. The van der Waals surface area contributed by atoms with Gasteiger partial charge in [-0.05, 0) is 50.2 Å². The summed E-state index contributed by atoms with van der Waals surface area (Å²) in [5.74, 6) is -0.586. The molecule has 1 aliphatic carbocycles. The Labute approximate surface area is 204 Å². The highest BCUT2D eigenvalue weighted by atomic mass is 32.2. The molecule has 34 heavy (non-hydrogen) atoms. The molecule has 2 aliphatic heterocycles. The summed E-state index contributed by atoms with van der Waals surface area (Å²) in [6.45, 7) is 3.28. The first-order valence-corrected chi connectivity index (χ1v) is 14.6. The van der Waals surface area contributed by atoms with Crippen LogP contribution in [0, 0.1) is 24.2 Å². The van der Waals surface area contributed by atoms with Gasteiger partial charge in [0.25, 0.3) is 0 Å². The third-order valence-electron chi connectivity index (χ3n) is 8.29. The number of amides is 1. The molecule has 2 heterocycles. The molecule has 188 valence electrons. The maximum atomic E-state index is 13.5. The molecule has 4 rings (SSSR count). The molecule has 0 radical (unpaired) electrons. The predicted octanol–water partition coefficient (Wildman–Crippen LogP) is 4.61. The molecular formula is C27H40N2O4S. The lowest BCUT2D eigenvalue weighted by Gasteiger charge is -2.47. The van der Waals surface area contributed by atoms with Crippen molar-refractivity contribution in [1.82, 2.24) is 9.62 Å². The predicted molar refractivity (Wildman–Crippen MR) is 133 cm³/mol. The van der Waals surface area contributed by atoms with E-state index in [0.29, 0.717) is 30.8 Å². The summed E-state index contributed by atoms with van der Waals surface area (Å²) in [7, 11) is -3.65. The fourth-order valence-corrected chi connectivity index (χ4v) is 7.70.